The van der Waals surface area contributed by atoms with Crippen LogP contribution < -0.4 is 0 Å². The van der Waals surface area contributed by atoms with E-state index in [1.54, 1.807) is 0 Å². The zero-order valence-electron chi connectivity index (χ0n) is 9.64. The first-order valence-corrected chi connectivity index (χ1v) is 5.64. The van der Waals surface area contributed by atoms with Crippen LogP contribution in [0.2, 0.25) is 0 Å². The first kappa shape index (κ1) is 11.2. The average molecular weight is 218 g/mol. The Morgan fingerprint density at radius 2 is 1.47 bits per heavy atom. The van der Waals surface area contributed by atoms with Gasteiger partial charge in [0.05, 0.1) is 5.92 Å². The summed E-state index contributed by atoms with van der Waals surface area (Å²) < 4.78 is 0. The molecule has 2 aromatic carbocycles. The van der Waals surface area contributed by atoms with Gasteiger partial charge in [0.15, 0.2) is 0 Å². The molecule has 0 aliphatic rings. The van der Waals surface area contributed by atoms with Crippen molar-refractivity contribution in [3.63, 3.8) is 0 Å². The minimum atomic E-state index is 0.0939. The number of hydrogen-bond acceptors (Lipinski definition) is 0. The number of benzene rings is 2. The second-order valence-electron chi connectivity index (χ2n) is 3.76. The Morgan fingerprint density at radius 3 is 2.06 bits per heavy atom. The molecule has 17 heavy (non-hydrogen) atoms. The summed E-state index contributed by atoms with van der Waals surface area (Å²) in [6.45, 7) is 3.85. The van der Waals surface area contributed by atoms with Gasteiger partial charge in [0, 0.05) is 5.56 Å². The summed E-state index contributed by atoms with van der Waals surface area (Å²) >= 11 is 0. The highest BCUT2D eigenvalue weighted by atomic mass is 14.0. The van der Waals surface area contributed by atoms with Crippen molar-refractivity contribution in [1.29, 1.82) is 0 Å². The Kier molecular flexibility index (Phi) is 3.78. The summed E-state index contributed by atoms with van der Waals surface area (Å²) in [4.78, 5) is 0. The SMILES string of the molecule is C=C[C@H](C#Cc1ccccc1)c1ccccc1. The maximum atomic E-state index is 3.85. The maximum Gasteiger partial charge on any atom is 0.0633 e. The molecular formula is C17H14. The molecule has 82 valence electrons. The number of hydrogen-bond donors (Lipinski definition) is 0. The van der Waals surface area contributed by atoms with E-state index in [1.165, 1.54) is 5.56 Å². The van der Waals surface area contributed by atoms with Crippen molar-refractivity contribution in [2.45, 2.75) is 5.92 Å². The molecule has 0 amide bonds. The molecule has 0 saturated heterocycles. The van der Waals surface area contributed by atoms with E-state index in [-0.39, 0.29) is 5.92 Å². The number of rotatable bonds is 2. The highest BCUT2D eigenvalue weighted by molar-refractivity contribution is 5.39. The van der Waals surface area contributed by atoms with Gasteiger partial charge in [-0.2, -0.15) is 0 Å². The van der Waals surface area contributed by atoms with E-state index in [0.717, 1.165) is 5.56 Å². The van der Waals surface area contributed by atoms with E-state index < -0.39 is 0 Å². The van der Waals surface area contributed by atoms with E-state index in [2.05, 4.69) is 30.6 Å². The Labute approximate surface area is 103 Å². The van der Waals surface area contributed by atoms with Crippen LogP contribution in [0.5, 0.6) is 0 Å². The smallest absolute Gasteiger partial charge is 0.0633 e. The monoisotopic (exact) mass is 218 g/mol. The topological polar surface area (TPSA) is 0 Å². The summed E-state index contributed by atoms with van der Waals surface area (Å²) in [6, 6.07) is 20.2. The molecule has 1 atom stereocenters. The molecule has 0 aliphatic carbocycles. The molecule has 0 N–H and O–H groups in total. The fourth-order valence-corrected chi connectivity index (χ4v) is 1.62. The molecular weight excluding hydrogens is 204 g/mol. The van der Waals surface area contributed by atoms with Crippen molar-refractivity contribution in [3.05, 3.63) is 84.4 Å². The fraction of sp³-hybridized carbons (Fsp3) is 0.0588. The minimum Gasteiger partial charge on any atom is -0.102 e. The molecule has 0 bridgehead atoms. The third kappa shape index (κ3) is 3.09. The van der Waals surface area contributed by atoms with Crippen molar-refractivity contribution in [1.82, 2.24) is 0 Å². The van der Waals surface area contributed by atoms with Gasteiger partial charge in [0.1, 0.15) is 0 Å². The lowest BCUT2D eigenvalue weighted by Crippen LogP contribution is -1.90. The molecule has 0 aromatic heterocycles. The molecule has 0 nitrogen and oxygen atoms in total. The molecule has 0 fully saturated rings. The van der Waals surface area contributed by atoms with Crippen LogP contribution in [-0.2, 0) is 0 Å². The Morgan fingerprint density at radius 1 is 0.882 bits per heavy atom. The maximum absolute atomic E-state index is 3.85. The van der Waals surface area contributed by atoms with E-state index in [1.807, 2.05) is 54.6 Å². The van der Waals surface area contributed by atoms with Crippen LogP contribution in [0, 0.1) is 11.8 Å². The predicted octanol–water partition coefficient (Wildman–Crippen LogP) is 4.01. The lowest BCUT2D eigenvalue weighted by molar-refractivity contribution is 1.13. The van der Waals surface area contributed by atoms with Crippen LogP contribution in [0.25, 0.3) is 0 Å². The highest BCUT2D eigenvalue weighted by Gasteiger charge is 2.01. The zero-order valence-corrected chi connectivity index (χ0v) is 9.64. The summed E-state index contributed by atoms with van der Waals surface area (Å²) in [5, 5.41) is 0. The molecule has 0 saturated carbocycles. The molecule has 0 aliphatic heterocycles. The summed E-state index contributed by atoms with van der Waals surface area (Å²) in [7, 11) is 0. The Balaban J connectivity index is 2.23. The van der Waals surface area contributed by atoms with Crippen molar-refractivity contribution in [2.75, 3.05) is 0 Å². The highest BCUT2D eigenvalue weighted by Crippen LogP contribution is 2.15. The first-order valence-electron chi connectivity index (χ1n) is 5.64. The average Bonchev–Trinajstić information content (AvgIpc) is 2.42. The fourth-order valence-electron chi connectivity index (χ4n) is 1.62. The van der Waals surface area contributed by atoms with Crippen LogP contribution >= 0.6 is 0 Å². The van der Waals surface area contributed by atoms with E-state index in [9.17, 15) is 0 Å². The summed E-state index contributed by atoms with van der Waals surface area (Å²) in [6.07, 6.45) is 1.88. The van der Waals surface area contributed by atoms with Gasteiger partial charge in [-0.3, -0.25) is 0 Å². The molecule has 0 heteroatoms. The van der Waals surface area contributed by atoms with Gasteiger partial charge < -0.3 is 0 Å². The second kappa shape index (κ2) is 5.72. The lowest BCUT2D eigenvalue weighted by atomic mass is 9.99. The van der Waals surface area contributed by atoms with E-state index in [4.69, 9.17) is 0 Å². The third-order valence-electron chi connectivity index (χ3n) is 2.54. The van der Waals surface area contributed by atoms with E-state index >= 15 is 0 Å². The van der Waals surface area contributed by atoms with Crippen LogP contribution in [0.4, 0.5) is 0 Å². The van der Waals surface area contributed by atoms with Crippen molar-refractivity contribution in [3.8, 4) is 11.8 Å². The molecule has 2 aromatic rings. The Hall–Kier alpha value is -2.26. The summed E-state index contributed by atoms with van der Waals surface area (Å²) in [5.41, 5.74) is 2.22. The van der Waals surface area contributed by atoms with Gasteiger partial charge in [0.2, 0.25) is 0 Å². The largest absolute Gasteiger partial charge is 0.102 e. The first-order chi connectivity index (χ1) is 8.40. The zero-order chi connectivity index (χ0) is 11.9. The predicted molar refractivity (Wildman–Crippen MR) is 72.7 cm³/mol. The van der Waals surface area contributed by atoms with Crippen molar-refractivity contribution in [2.24, 2.45) is 0 Å². The quantitative estimate of drug-likeness (QED) is 0.528. The van der Waals surface area contributed by atoms with Crippen molar-refractivity contribution >= 4 is 0 Å². The normalized spacial score (nSPS) is 11.1. The van der Waals surface area contributed by atoms with Gasteiger partial charge >= 0.3 is 0 Å². The van der Waals surface area contributed by atoms with Crippen LogP contribution in [0.3, 0.4) is 0 Å². The van der Waals surface area contributed by atoms with Crippen LogP contribution in [-0.4, -0.2) is 0 Å². The minimum absolute atomic E-state index is 0.0939. The molecule has 0 radical (unpaired) electrons. The van der Waals surface area contributed by atoms with Gasteiger partial charge in [0.25, 0.3) is 0 Å². The van der Waals surface area contributed by atoms with E-state index in [0.29, 0.717) is 0 Å². The second-order valence-corrected chi connectivity index (χ2v) is 3.76. The molecule has 2 rings (SSSR count). The van der Waals surface area contributed by atoms with Crippen LogP contribution in [0.1, 0.15) is 17.0 Å². The van der Waals surface area contributed by atoms with Crippen LogP contribution in [0.15, 0.2) is 73.3 Å². The molecule has 0 unspecified atom stereocenters. The Bertz CT molecular complexity index is 527. The lowest BCUT2D eigenvalue weighted by Gasteiger charge is -2.04. The molecule has 0 spiro atoms. The molecule has 0 heterocycles. The van der Waals surface area contributed by atoms with Crippen molar-refractivity contribution < 1.29 is 0 Å². The van der Waals surface area contributed by atoms with Gasteiger partial charge in [-0.15, -0.1) is 6.58 Å². The van der Waals surface area contributed by atoms with Gasteiger partial charge in [-0.25, -0.2) is 0 Å². The van der Waals surface area contributed by atoms with Gasteiger partial charge in [-0.1, -0.05) is 66.4 Å². The number of allylic oxidation sites excluding steroid dienone is 1. The standard InChI is InChI=1S/C17H14/c1-2-16(17-11-7-4-8-12-17)14-13-15-9-5-3-6-10-15/h2-12,16H,1H2/t16-/m1/s1. The summed E-state index contributed by atoms with van der Waals surface area (Å²) in [5.74, 6) is 6.50. The third-order valence-corrected chi connectivity index (χ3v) is 2.54. The van der Waals surface area contributed by atoms with Gasteiger partial charge in [-0.05, 0) is 17.7 Å².